The van der Waals surface area contributed by atoms with Crippen molar-refractivity contribution in [1.29, 1.82) is 0 Å². The molecule has 1 heterocycles. The second-order valence-corrected chi connectivity index (χ2v) is 4.15. The highest BCUT2D eigenvalue weighted by atomic mass is 16.6. The summed E-state index contributed by atoms with van der Waals surface area (Å²) in [6.07, 6.45) is -0.203. The summed E-state index contributed by atoms with van der Waals surface area (Å²) in [5.41, 5.74) is -0.284. The zero-order valence-corrected chi connectivity index (χ0v) is 9.74. The minimum atomic E-state index is -1.39. The Hall–Kier alpha value is -2.64. The number of esters is 1. The lowest BCUT2D eigenvalue weighted by molar-refractivity contribution is -0.386. The van der Waals surface area contributed by atoms with Gasteiger partial charge in [-0.25, -0.2) is 0 Å². The number of aromatic hydroxyl groups is 1. The van der Waals surface area contributed by atoms with Gasteiger partial charge in [0.2, 0.25) is 11.5 Å². The van der Waals surface area contributed by atoms with E-state index in [1.165, 1.54) is 13.0 Å². The van der Waals surface area contributed by atoms with Crippen LogP contribution in [0, 0.1) is 23.0 Å². The van der Waals surface area contributed by atoms with Gasteiger partial charge in [0.1, 0.15) is 0 Å². The van der Waals surface area contributed by atoms with Gasteiger partial charge in [-0.1, -0.05) is 0 Å². The predicted molar refractivity (Wildman–Crippen MR) is 60.0 cm³/mol. The van der Waals surface area contributed by atoms with Gasteiger partial charge in [-0.2, -0.15) is 0 Å². The number of carbonyl (C=O) groups is 2. The molecule has 0 radical (unpaired) electrons. The highest BCUT2D eigenvalue weighted by molar-refractivity contribution is 5.97. The van der Waals surface area contributed by atoms with E-state index in [0.717, 1.165) is 0 Å². The summed E-state index contributed by atoms with van der Waals surface area (Å²) in [4.78, 5) is 32.4. The van der Waals surface area contributed by atoms with Crippen molar-refractivity contribution in [3.8, 4) is 11.5 Å². The van der Waals surface area contributed by atoms with Crippen molar-refractivity contribution in [3.05, 3.63) is 27.3 Å². The number of carboxylic acids is 1. The van der Waals surface area contributed by atoms with Crippen molar-refractivity contribution >= 4 is 17.6 Å². The second kappa shape index (κ2) is 4.23. The summed E-state index contributed by atoms with van der Waals surface area (Å²) in [6, 6.07) is 1.38. The average molecular weight is 267 g/mol. The first-order chi connectivity index (χ1) is 8.82. The maximum Gasteiger partial charge on any atom is 0.353 e. The van der Waals surface area contributed by atoms with Crippen molar-refractivity contribution in [2.75, 3.05) is 0 Å². The Morgan fingerprint density at radius 3 is 2.74 bits per heavy atom. The molecule has 0 aliphatic carbocycles. The number of aliphatic carboxylic acids is 1. The lowest BCUT2D eigenvalue weighted by Gasteiger charge is -2.21. The van der Waals surface area contributed by atoms with Crippen molar-refractivity contribution in [2.45, 2.75) is 13.3 Å². The molecule has 0 bridgehead atoms. The Labute approximate surface area is 106 Å². The monoisotopic (exact) mass is 267 g/mol. The van der Waals surface area contributed by atoms with Gasteiger partial charge >= 0.3 is 17.6 Å². The Morgan fingerprint density at radius 1 is 1.58 bits per heavy atom. The molecule has 1 aliphatic heterocycles. The van der Waals surface area contributed by atoms with Crippen molar-refractivity contribution in [2.24, 2.45) is 5.92 Å². The van der Waals surface area contributed by atoms with Gasteiger partial charge < -0.3 is 14.9 Å². The summed E-state index contributed by atoms with van der Waals surface area (Å²) in [5.74, 6) is -4.80. The number of fused-ring (bicyclic) bond motifs is 1. The van der Waals surface area contributed by atoms with Crippen molar-refractivity contribution in [3.63, 3.8) is 0 Å². The van der Waals surface area contributed by atoms with E-state index >= 15 is 0 Å². The third kappa shape index (κ3) is 1.96. The highest BCUT2D eigenvalue weighted by Crippen LogP contribution is 2.44. The molecule has 0 aromatic heterocycles. The molecule has 0 saturated carbocycles. The van der Waals surface area contributed by atoms with Crippen molar-refractivity contribution in [1.82, 2.24) is 0 Å². The Bertz CT molecular complexity index is 608. The number of phenols is 1. The standard InChI is InChI=1S/C11H9NO7/c1-4-2-5-3-6(10(14)15)11(16)19-9(5)7(8(4)13)12(17)18/h2,6,13H,3H2,1H3,(H,14,15). The first-order valence-corrected chi connectivity index (χ1v) is 5.27. The molecule has 0 spiro atoms. The number of carboxylic acid groups (broad SMARTS) is 1. The maximum absolute atomic E-state index is 11.5. The number of aryl methyl sites for hydroxylation is 1. The summed E-state index contributed by atoms with van der Waals surface area (Å²) in [7, 11) is 0. The Morgan fingerprint density at radius 2 is 2.21 bits per heavy atom. The number of benzene rings is 1. The van der Waals surface area contributed by atoms with Crippen LogP contribution in [0.15, 0.2) is 6.07 Å². The van der Waals surface area contributed by atoms with Gasteiger partial charge in [0.05, 0.1) is 4.92 Å². The normalized spacial score (nSPS) is 17.5. The molecule has 8 nitrogen and oxygen atoms in total. The minimum absolute atomic E-state index is 0.203. The molecule has 2 rings (SSSR count). The number of nitro benzene ring substituents is 1. The topological polar surface area (TPSA) is 127 Å². The molecule has 1 aliphatic rings. The second-order valence-electron chi connectivity index (χ2n) is 4.15. The van der Waals surface area contributed by atoms with E-state index in [-0.39, 0.29) is 23.3 Å². The number of nitro groups is 1. The quantitative estimate of drug-likeness (QED) is 0.266. The molecular formula is C11H9NO7. The molecule has 2 N–H and O–H groups in total. The fourth-order valence-corrected chi connectivity index (χ4v) is 1.94. The average Bonchev–Trinajstić information content (AvgIpc) is 2.30. The summed E-state index contributed by atoms with van der Waals surface area (Å²) in [6.45, 7) is 1.44. The van der Waals surface area contributed by atoms with Gasteiger partial charge in [-0.05, 0) is 18.6 Å². The van der Waals surface area contributed by atoms with Crippen LogP contribution in [0.25, 0.3) is 0 Å². The molecule has 0 amide bonds. The van der Waals surface area contributed by atoms with E-state index in [9.17, 15) is 24.8 Å². The number of carbonyl (C=O) groups excluding carboxylic acids is 1. The van der Waals surface area contributed by atoms with Crippen LogP contribution < -0.4 is 4.74 Å². The van der Waals surface area contributed by atoms with E-state index in [4.69, 9.17) is 9.84 Å². The molecule has 8 heteroatoms. The number of rotatable bonds is 2. The fraction of sp³-hybridized carbons (Fsp3) is 0.273. The molecule has 1 unspecified atom stereocenters. The van der Waals surface area contributed by atoms with Crippen LogP contribution in [-0.4, -0.2) is 27.1 Å². The molecule has 1 aromatic carbocycles. The number of ether oxygens (including phenoxy) is 1. The number of nitrogens with zero attached hydrogens (tertiary/aromatic N) is 1. The first kappa shape index (κ1) is 12.8. The van der Waals surface area contributed by atoms with Crippen LogP contribution in [0.2, 0.25) is 0 Å². The molecular weight excluding hydrogens is 258 g/mol. The largest absolute Gasteiger partial charge is 0.502 e. The zero-order chi connectivity index (χ0) is 14.3. The Balaban J connectivity index is 2.63. The molecule has 1 atom stereocenters. The molecule has 0 fully saturated rings. The van der Waals surface area contributed by atoms with E-state index in [1.807, 2.05) is 0 Å². The van der Waals surface area contributed by atoms with E-state index < -0.39 is 34.2 Å². The van der Waals surface area contributed by atoms with E-state index in [1.54, 1.807) is 0 Å². The lowest BCUT2D eigenvalue weighted by Crippen LogP contribution is -2.34. The molecule has 19 heavy (non-hydrogen) atoms. The molecule has 100 valence electrons. The fourth-order valence-electron chi connectivity index (χ4n) is 1.94. The Kier molecular flexibility index (Phi) is 2.85. The third-order valence-corrected chi connectivity index (χ3v) is 2.89. The first-order valence-electron chi connectivity index (χ1n) is 5.27. The summed E-state index contributed by atoms with van der Waals surface area (Å²) < 4.78 is 4.71. The zero-order valence-electron chi connectivity index (χ0n) is 9.74. The van der Waals surface area contributed by atoms with Crippen LogP contribution in [0.3, 0.4) is 0 Å². The molecule has 1 aromatic rings. The number of hydrogen-bond donors (Lipinski definition) is 2. The van der Waals surface area contributed by atoms with Crippen LogP contribution >= 0.6 is 0 Å². The van der Waals surface area contributed by atoms with Gasteiger partial charge in [0, 0.05) is 12.0 Å². The number of phenolic OH excluding ortho intramolecular Hbond substituents is 1. The minimum Gasteiger partial charge on any atom is -0.502 e. The third-order valence-electron chi connectivity index (χ3n) is 2.89. The lowest BCUT2D eigenvalue weighted by atomic mass is 9.94. The summed E-state index contributed by atoms with van der Waals surface area (Å²) in [5, 5.41) is 29.4. The number of hydrogen-bond acceptors (Lipinski definition) is 6. The van der Waals surface area contributed by atoms with Gasteiger partial charge in [-0.15, -0.1) is 0 Å². The van der Waals surface area contributed by atoms with E-state index in [0.29, 0.717) is 0 Å². The smallest absolute Gasteiger partial charge is 0.353 e. The van der Waals surface area contributed by atoms with Gasteiger partial charge in [0.25, 0.3) is 0 Å². The molecule has 0 saturated heterocycles. The van der Waals surface area contributed by atoms with E-state index in [2.05, 4.69) is 0 Å². The van der Waals surface area contributed by atoms with Crippen molar-refractivity contribution < 1.29 is 29.5 Å². The van der Waals surface area contributed by atoms with Crippen LogP contribution in [-0.2, 0) is 16.0 Å². The SMILES string of the molecule is Cc1cc2c(c([N+](=O)[O-])c1O)OC(=O)C(C(=O)O)C2. The summed E-state index contributed by atoms with van der Waals surface area (Å²) >= 11 is 0. The van der Waals surface area contributed by atoms with Crippen LogP contribution in [0.4, 0.5) is 5.69 Å². The highest BCUT2D eigenvalue weighted by Gasteiger charge is 2.39. The predicted octanol–water partition coefficient (Wildman–Crippen LogP) is 0.771. The van der Waals surface area contributed by atoms with Crippen LogP contribution in [0.5, 0.6) is 11.5 Å². The maximum atomic E-state index is 11.5. The van der Waals surface area contributed by atoms with Gasteiger partial charge in [0.15, 0.2) is 5.92 Å². The van der Waals surface area contributed by atoms with Gasteiger partial charge in [-0.3, -0.25) is 19.7 Å². The van der Waals surface area contributed by atoms with Crippen LogP contribution in [0.1, 0.15) is 11.1 Å².